The molecule has 1 saturated heterocycles. The molecule has 1 aromatic carbocycles. The van der Waals surface area contributed by atoms with Crippen LogP contribution in [0.15, 0.2) is 23.0 Å². The Morgan fingerprint density at radius 2 is 1.70 bits per heavy atom. The van der Waals surface area contributed by atoms with E-state index in [1.807, 2.05) is 12.1 Å². The van der Waals surface area contributed by atoms with Crippen molar-refractivity contribution < 1.29 is 9.47 Å². The van der Waals surface area contributed by atoms with Gasteiger partial charge in [0.05, 0.1) is 19.9 Å². The molecule has 0 saturated carbocycles. The standard InChI is InChI=1S/C21H27N3O3/c1-13-7-14(2)12-23(11-13)20-10-17-16-9-19(27-4)18(26-3)8-15(16)5-6-24(17)21(25)22-20/h8-10,13-14H,5-7,11-12H2,1-4H3/t13-,14-/m0/s1. The molecule has 4 rings (SSSR count). The maximum Gasteiger partial charge on any atom is 0.350 e. The predicted molar refractivity (Wildman–Crippen MR) is 106 cm³/mol. The van der Waals surface area contributed by atoms with Crippen LogP contribution < -0.4 is 20.1 Å². The van der Waals surface area contributed by atoms with Gasteiger partial charge >= 0.3 is 5.69 Å². The highest BCUT2D eigenvalue weighted by atomic mass is 16.5. The second-order valence-electron chi connectivity index (χ2n) is 7.90. The zero-order valence-electron chi connectivity index (χ0n) is 16.5. The van der Waals surface area contributed by atoms with Gasteiger partial charge in [0.2, 0.25) is 0 Å². The summed E-state index contributed by atoms with van der Waals surface area (Å²) >= 11 is 0. The SMILES string of the molecule is COc1cc2c(cc1OC)-c1cc(N3C[C@@H](C)C[C@H](C)C3)nc(=O)n1CC2. The van der Waals surface area contributed by atoms with Crippen LogP contribution in [-0.4, -0.2) is 36.9 Å². The van der Waals surface area contributed by atoms with E-state index in [0.29, 0.717) is 24.1 Å². The van der Waals surface area contributed by atoms with Crippen molar-refractivity contribution in [2.75, 3.05) is 32.2 Å². The zero-order chi connectivity index (χ0) is 19.1. The molecule has 0 unspecified atom stereocenters. The molecule has 2 aliphatic heterocycles. The Morgan fingerprint density at radius 3 is 2.37 bits per heavy atom. The first kappa shape index (κ1) is 17.9. The molecule has 0 bridgehead atoms. The van der Waals surface area contributed by atoms with Gasteiger partial charge in [0.15, 0.2) is 11.5 Å². The number of hydrogen-bond acceptors (Lipinski definition) is 5. The molecule has 1 aromatic heterocycles. The number of methoxy groups -OCH3 is 2. The van der Waals surface area contributed by atoms with Crippen LogP contribution in [-0.2, 0) is 13.0 Å². The average Bonchev–Trinajstić information content (AvgIpc) is 2.65. The van der Waals surface area contributed by atoms with Gasteiger partial charge in [-0.1, -0.05) is 13.8 Å². The number of nitrogens with zero attached hydrogens (tertiary/aromatic N) is 3. The van der Waals surface area contributed by atoms with E-state index >= 15 is 0 Å². The minimum Gasteiger partial charge on any atom is -0.493 e. The highest BCUT2D eigenvalue weighted by Gasteiger charge is 2.26. The largest absolute Gasteiger partial charge is 0.493 e. The maximum absolute atomic E-state index is 12.7. The fraction of sp³-hybridized carbons (Fsp3) is 0.524. The van der Waals surface area contributed by atoms with Crippen molar-refractivity contribution in [1.82, 2.24) is 9.55 Å². The monoisotopic (exact) mass is 369 g/mol. The molecule has 2 atom stereocenters. The molecule has 0 aliphatic carbocycles. The number of hydrogen-bond donors (Lipinski definition) is 0. The van der Waals surface area contributed by atoms with Crippen molar-refractivity contribution in [3.05, 3.63) is 34.2 Å². The number of fused-ring (bicyclic) bond motifs is 3. The molecular weight excluding hydrogens is 342 g/mol. The Kier molecular flexibility index (Phi) is 4.58. The highest BCUT2D eigenvalue weighted by Crippen LogP contribution is 2.38. The summed E-state index contributed by atoms with van der Waals surface area (Å²) in [5, 5.41) is 0. The van der Waals surface area contributed by atoms with Gasteiger partial charge in [-0.05, 0) is 42.4 Å². The molecular formula is C21H27N3O3. The van der Waals surface area contributed by atoms with Gasteiger partial charge in [-0.25, -0.2) is 4.79 Å². The number of benzene rings is 1. The minimum absolute atomic E-state index is 0.172. The zero-order valence-corrected chi connectivity index (χ0v) is 16.5. The third-order valence-corrected chi connectivity index (χ3v) is 5.68. The number of aromatic nitrogens is 2. The summed E-state index contributed by atoms with van der Waals surface area (Å²) in [7, 11) is 3.28. The van der Waals surface area contributed by atoms with E-state index in [1.165, 1.54) is 12.0 Å². The normalized spacial score (nSPS) is 21.4. The molecule has 0 spiro atoms. The van der Waals surface area contributed by atoms with Gasteiger partial charge in [0.1, 0.15) is 5.82 Å². The number of rotatable bonds is 3. The first-order valence-corrected chi connectivity index (χ1v) is 9.62. The van der Waals surface area contributed by atoms with Crippen molar-refractivity contribution in [1.29, 1.82) is 0 Å². The maximum atomic E-state index is 12.7. The number of aryl methyl sites for hydroxylation is 1. The lowest BCUT2D eigenvalue weighted by Crippen LogP contribution is -2.41. The first-order chi connectivity index (χ1) is 13.0. The van der Waals surface area contributed by atoms with Crippen LogP contribution in [0.4, 0.5) is 5.82 Å². The van der Waals surface area contributed by atoms with Gasteiger partial charge in [-0.15, -0.1) is 0 Å². The van der Waals surface area contributed by atoms with E-state index < -0.39 is 0 Å². The van der Waals surface area contributed by atoms with E-state index in [4.69, 9.17) is 9.47 Å². The summed E-state index contributed by atoms with van der Waals surface area (Å²) in [6.07, 6.45) is 2.00. The molecule has 2 aromatic rings. The van der Waals surface area contributed by atoms with Gasteiger partial charge in [-0.3, -0.25) is 4.57 Å². The second-order valence-corrected chi connectivity index (χ2v) is 7.90. The number of ether oxygens (including phenoxy) is 2. The van der Waals surface area contributed by atoms with Crippen LogP contribution in [0.3, 0.4) is 0 Å². The van der Waals surface area contributed by atoms with Crippen LogP contribution in [0.5, 0.6) is 11.5 Å². The first-order valence-electron chi connectivity index (χ1n) is 9.62. The summed E-state index contributed by atoms with van der Waals surface area (Å²) in [6, 6.07) is 6.06. The van der Waals surface area contributed by atoms with Crippen LogP contribution in [0.1, 0.15) is 25.8 Å². The molecule has 6 heteroatoms. The summed E-state index contributed by atoms with van der Waals surface area (Å²) in [5.41, 5.74) is 2.94. The lowest BCUT2D eigenvalue weighted by molar-refractivity contribution is 0.354. The van der Waals surface area contributed by atoms with E-state index in [2.05, 4.69) is 29.8 Å². The van der Waals surface area contributed by atoms with Crippen molar-refractivity contribution >= 4 is 5.82 Å². The van der Waals surface area contributed by atoms with Crippen molar-refractivity contribution in [2.24, 2.45) is 11.8 Å². The average molecular weight is 369 g/mol. The van der Waals surface area contributed by atoms with E-state index in [9.17, 15) is 4.79 Å². The highest BCUT2D eigenvalue weighted by molar-refractivity contribution is 5.72. The molecule has 144 valence electrons. The Balaban J connectivity index is 1.82. The quantitative estimate of drug-likeness (QED) is 0.833. The third-order valence-electron chi connectivity index (χ3n) is 5.68. The summed E-state index contributed by atoms with van der Waals surface area (Å²) in [6.45, 7) is 7.05. The smallest absolute Gasteiger partial charge is 0.350 e. The molecule has 6 nitrogen and oxygen atoms in total. The fourth-order valence-electron chi connectivity index (χ4n) is 4.54. The number of piperidine rings is 1. The van der Waals surface area contributed by atoms with Gasteiger partial charge in [0.25, 0.3) is 0 Å². The van der Waals surface area contributed by atoms with Gasteiger partial charge in [-0.2, -0.15) is 4.98 Å². The molecule has 1 fully saturated rings. The third kappa shape index (κ3) is 3.17. The molecule has 27 heavy (non-hydrogen) atoms. The summed E-state index contributed by atoms with van der Waals surface area (Å²) in [5.74, 6) is 3.39. The van der Waals surface area contributed by atoms with E-state index in [1.54, 1.807) is 18.8 Å². The summed E-state index contributed by atoms with van der Waals surface area (Å²) < 4.78 is 12.7. The number of anilines is 1. The minimum atomic E-state index is -0.172. The van der Waals surface area contributed by atoms with E-state index in [-0.39, 0.29) is 5.69 Å². The van der Waals surface area contributed by atoms with Crippen LogP contribution in [0.25, 0.3) is 11.3 Å². The van der Waals surface area contributed by atoms with Crippen molar-refractivity contribution in [2.45, 2.75) is 33.2 Å². The Labute approximate surface area is 159 Å². The second kappa shape index (κ2) is 6.91. The van der Waals surface area contributed by atoms with Gasteiger partial charge < -0.3 is 14.4 Å². The summed E-state index contributed by atoms with van der Waals surface area (Å²) in [4.78, 5) is 19.4. The van der Waals surface area contributed by atoms with Crippen molar-refractivity contribution in [3.63, 3.8) is 0 Å². The van der Waals surface area contributed by atoms with Crippen molar-refractivity contribution in [3.8, 4) is 22.8 Å². The fourth-order valence-corrected chi connectivity index (χ4v) is 4.54. The molecule has 3 heterocycles. The topological polar surface area (TPSA) is 56.6 Å². The van der Waals surface area contributed by atoms with Crippen LogP contribution in [0.2, 0.25) is 0 Å². The lowest BCUT2D eigenvalue weighted by Gasteiger charge is -2.36. The molecule has 0 amide bonds. The molecule has 2 aliphatic rings. The Morgan fingerprint density at radius 1 is 1.04 bits per heavy atom. The predicted octanol–water partition coefficient (Wildman–Crippen LogP) is 2.97. The van der Waals surface area contributed by atoms with Crippen LogP contribution in [0, 0.1) is 11.8 Å². The van der Waals surface area contributed by atoms with E-state index in [0.717, 1.165) is 42.3 Å². The Hall–Kier alpha value is -2.50. The molecule has 0 radical (unpaired) electrons. The van der Waals surface area contributed by atoms with Gasteiger partial charge in [0, 0.05) is 31.3 Å². The van der Waals surface area contributed by atoms with Crippen LogP contribution >= 0.6 is 0 Å². The lowest BCUT2D eigenvalue weighted by atomic mass is 9.91. The molecule has 0 N–H and O–H groups in total. The Bertz CT molecular complexity index is 912.